The molecule has 100 valence electrons. The Balaban J connectivity index is 1.78. The molecule has 19 heavy (non-hydrogen) atoms. The van der Waals surface area contributed by atoms with Crippen LogP contribution in [0.1, 0.15) is 30.0 Å². The van der Waals surface area contributed by atoms with Crippen LogP contribution in [0.2, 0.25) is 0 Å². The highest BCUT2D eigenvalue weighted by Gasteiger charge is 2.23. The molecule has 5 heteroatoms. The van der Waals surface area contributed by atoms with E-state index in [1.165, 1.54) is 21.3 Å². The van der Waals surface area contributed by atoms with Gasteiger partial charge in [-0.15, -0.1) is 11.3 Å². The SMILES string of the molecule is NNC(c1ccc(OC2CC2)cc1)c1csc(I)c1. The standard InChI is InChI=1S/C14H15IN2OS/c15-13-7-10(8-19-13)14(17-16)9-1-3-11(4-2-9)18-12-5-6-12/h1-4,7-8,12,14,17H,5-6,16H2. The lowest BCUT2D eigenvalue weighted by Crippen LogP contribution is -2.28. The van der Waals surface area contributed by atoms with E-state index in [2.05, 4.69) is 51.6 Å². The molecule has 1 aliphatic carbocycles. The quantitative estimate of drug-likeness (QED) is 0.470. The second kappa shape index (κ2) is 5.78. The van der Waals surface area contributed by atoms with Crippen LogP contribution in [0.3, 0.4) is 0 Å². The zero-order valence-corrected chi connectivity index (χ0v) is 13.3. The van der Waals surface area contributed by atoms with Gasteiger partial charge in [-0.25, -0.2) is 5.43 Å². The molecule has 0 saturated heterocycles. The molecule has 2 aromatic rings. The van der Waals surface area contributed by atoms with Gasteiger partial charge in [0.2, 0.25) is 0 Å². The topological polar surface area (TPSA) is 47.3 Å². The summed E-state index contributed by atoms with van der Waals surface area (Å²) in [5.41, 5.74) is 5.24. The van der Waals surface area contributed by atoms with Gasteiger partial charge in [0.1, 0.15) is 5.75 Å². The van der Waals surface area contributed by atoms with Gasteiger partial charge in [-0.3, -0.25) is 5.84 Å². The van der Waals surface area contributed by atoms with Crippen LogP contribution in [-0.2, 0) is 0 Å². The van der Waals surface area contributed by atoms with Crippen molar-refractivity contribution in [2.75, 3.05) is 0 Å². The second-order valence-electron chi connectivity index (χ2n) is 4.67. The lowest BCUT2D eigenvalue weighted by Gasteiger charge is -2.15. The van der Waals surface area contributed by atoms with Gasteiger partial charge in [0.25, 0.3) is 0 Å². The minimum Gasteiger partial charge on any atom is -0.490 e. The number of hydrogen-bond donors (Lipinski definition) is 2. The molecule has 1 aromatic heterocycles. The molecule has 0 aliphatic heterocycles. The molecule has 1 fully saturated rings. The lowest BCUT2D eigenvalue weighted by atomic mass is 10.0. The Labute approximate surface area is 130 Å². The van der Waals surface area contributed by atoms with Gasteiger partial charge in [0, 0.05) is 0 Å². The average molecular weight is 386 g/mol. The van der Waals surface area contributed by atoms with E-state index in [-0.39, 0.29) is 6.04 Å². The molecule has 3 N–H and O–H groups in total. The first kappa shape index (κ1) is 13.4. The van der Waals surface area contributed by atoms with Crippen molar-refractivity contribution in [3.63, 3.8) is 0 Å². The van der Waals surface area contributed by atoms with Crippen LogP contribution in [0, 0.1) is 2.88 Å². The molecular formula is C14H15IN2OS. The van der Waals surface area contributed by atoms with E-state index < -0.39 is 0 Å². The van der Waals surface area contributed by atoms with Crippen molar-refractivity contribution < 1.29 is 4.74 Å². The molecule has 0 bridgehead atoms. The van der Waals surface area contributed by atoms with E-state index in [0.717, 1.165) is 11.3 Å². The third-order valence-corrected chi connectivity index (χ3v) is 4.94. The number of nitrogens with two attached hydrogens (primary N) is 1. The third-order valence-electron chi connectivity index (χ3n) is 3.13. The molecule has 1 atom stereocenters. The Morgan fingerprint density at radius 3 is 2.53 bits per heavy atom. The maximum atomic E-state index is 5.75. The van der Waals surface area contributed by atoms with Gasteiger partial charge in [0.15, 0.2) is 0 Å². The number of rotatable bonds is 5. The van der Waals surface area contributed by atoms with Crippen LogP contribution in [0.4, 0.5) is 0 Å². The lowest BCUT2D eigenvalue weighted by molar-refractivity contribution is 0.303. The highest BCUT2D eigenvalue weighted by atomic mass is 127. The van der Waals surface area contributed by atoms with Crippen LogP contribution < -0.4 is 16.0 Å². The molecule has 1 heterocycles. The van der Waals surface area contributed by atoms with Crippen LogP contribution >= 0.6 is 33.9 Å². The Hall–Kier alpha value is -0.630. The molecule has 1 unspecified atom stereocenters. The summed E-state index contributed by atoms with van der Waals surface area (Å²) in [5.74, 6) is 6.64. The number of benzene rings is 1. The van der Waals surface area contributed by atoms with Gasteiger partial charge in [-0.1, -0.05) is 12.1 Å². The zero-order valence-electron chi connectivity index (χ0n) is 10.3. The normalized spacial score (nSPS) is 16.3. The van der Waals surface area contributed by atoms with E-state index in [1.54, 1.807) is 11.3 Å². The fourth-order valence-electron chi connectivity index (χ4n) is 1.98. The summed E-state index contributed by atoms with van der Waals surface area (Å²) in [6, 6.07) is 10.4. The van der Waals surface area contributed by atoms with Crippen LogP contribution in [0.15, 0.2) is 35.7 Å². The summed E-state index contributed by atoms with van der Waals surface area (Å²) in [5, 5.41) is 2.14. The number of nitrogens with one attached hydrogen (secondary N) is 1. The fraction of sp³-hybridized carbons (Fsp3) is 0.286. The van der Waals surface area contributed by atoms with Crippen molar-refractivity contribution in [3.8, 4) is 5.75 Å². The monoisotopic (exact) mass is 386 g/mol. The molecule has 3 nitrogen and oxygen atoms in total. The number of hydrazine groups is 1. The summed E-state index contributed by atoms with van der Waals surface area (Å²) in [6.45, 7) is 0. The maximum Gasteiger partial charge on any atom is 0.119 e. The molecule has 0 amide bonds. The summed E-state index contributed by atoms with van der Waals surface area (Å²) >= 11 is 4.05. The minimum absolute atomic E-state index is 0.0368. The van der Waals surface area contributed by atoms with Gasteiger partial charge in [0.05, 0.1) is 15.0 Å². The highest BCUT2D eigenvalue weighted by Crippen LogP contribution is 2.30. The summed E-state index contributed by atoms with van der Waals surface area (Å²) in [7, 11) is 0. The van der Waals surface area contributed by atoms with E-state index in [4.69, 9.17) is 10.6 Å². The van der Waals surface area contributed by atoms with Crippen molar-refractivity contribution >= 4 is 33.9 Å². The number of hydrogen-bond acceptors (Lipinski definition) is 4. The molecule has 0 radical (unpaired) electrons. The van der Waals surface area contributed by atoms with Crippen molar-refractivity contribution in [2.45, 2.75) is 25.0 Å². The summed E-state index contributed by atoms with van der Waals surface area (Å²) in [6.07, 6.45) is 2.80. The molecule has 0 spiro atoms. The average Bonchev–Trinajstić information content (AvgIpc) is 3.13. The predicted octanol–water partition coefficient (Wildman–Crippen LogP) is 3.45. The molecule has 1 aliphatic rings. The molecular weight excluding hydrogens is 371 g/mol. The van der Waals surface area contributed by atoms with E-state index in [0.29, 0.717) is 6.10 Å². The van der Waals surface area contributed by atoms with Gasteiger partial charge >= 0.3 is 0 Å². The Morgan fingerprint density at radius 1 is 1.26 bits per heavy atom. The highest BCUT2D eigenvalue weighted by molar-refractivity contribution is 14.1. The van der Waals surface area contributed by atoms with Gasteiger partial charge in [-0.2, -0.15) is 0 Å². The van der Waals surface area contributed by atoms with Crippen LogP contribution in [0.5, 0.6) is 5.75 Å². The van der Waals surface area contributed by atoms with E-state index >= 15 is 0 Å². The van der Waals surface area contributed by atoms with Gasteiger partial charge in [-0.05, 0) is 70.1 Å². The maximum absolute atomic E-state index is 5.75. The van der Waals surface area contributed by atoms with Crippen molar-refractivity contribution in [3.05, 3.63) is 49.7 Å². The largest absolute Gasteiger partial charge is 0.490 e. The summed E-state index contributed by atoms with van der Waals surface area (Å²) in [4.78, 5) is 0. The van der Waals surface area contributed by atoms with E-state index in [1.807, 2.05) is 12.1 Å². The Kier molecular flexibility index (Phi) is 4.07. The van der Waals surface area contributed by atoms with Crippen molar-refractivity contribution in [1.82, 2.24) is 5.43 Å². The molecule has 3 rings (SSSR count). The Bertz CT molecular complexity index is 551. The number of halogens is 1. The molecule has 1 saturated carbocycles. The zero-order chi connectivity index (χ0) is 13.2. The smallest absolute Gasteiger partial charge is 0.119 e. The van der Waals surface area contributed by atoms with Crippen LogP contribution in [0.25, 0.3) is 0 Å². The first-order chi connectivity index (χ1) is 9.26. The molecule has 1 aromatic carbocycles. The first-order valence-electron chi connectivity index (χ1n) is 6.23. The summed E-state index contributed by atoms with van der Waals surface area (Å²) < 4.78 is 7.02. The van der Waals surface area contributed by atoms with Crippen molar-refractivity contribution in [2.24, 2.45) is 5.84 Å². The van der Waals surface area contributed by atoms with Crippen molar-refractivity contribution in [1.29, 1.82) is 0 Å². The van der Waals surface area contributed by atoms with Crippen LogP contribution in [-0.4, -0.2) is 6.10 Å². The number of ether oxygens (including phenoxy) is 1. The predicted molar refractivity (Wildman–Crippen MR) is 86.3 cm³/mol. The Morgan fingerprint density at radius 2 is 2.00 bits per heavy atom. The van der Waals surface area contributed by atoms with E-state index in [9.17, 15) is 0 Å². The number of thiophene rings is 1. The fourth-order valence-corrected chi connectivity index (χ4v) is 3.37. The first-order valence-corrected chi connectivity index (χ1v) is 8.19. The third kappa shape index (κ3) is 3.28. The minimum atomic E-state index is 0.0368. The van der Waals surface area contributed by atoms with Gasteiger partial charge < -0.3 is 4.74 Å². The second-order valence-corrected chi connectivity index (χ2v) is 7.48.